The number of ether oxygens (including phenoxy) is 1. The molecule has 1 N–H and O–H groups in total. The highest BCUT2D eigenvalue weighted by Gasteiger charge is 2.22. The van der Waals surface area contributed by atoms with E-state index >= 15 is 0 Å². The maximum atomic E-state index is 13.6. The maximum Gasteiger partial charge on any atom is 0.276 e. The maximum absolute atomic E-state index is 13.6. The van der Waals surface area contributed by atoms with Gasteiger partial charge in [0.25, 0.3) is 5.91 Å². The normalized spacial score (nSPS) is 10.6. The van der Waals surface area contributed by atoms with Crippen LogP contribution in [-0.2, 0) is 6.73 Å². The number of para-hydroxylation sites is 1. The lowest BCUT2D eigenvalue weighted by molar-refractivity contribution is 0.101. The van der Waals surface area contributed by atoms with E-state index in [4.69, 9.17) is 4.74 Å². The molecule has 0 saturated carbocycles. The van der Waals surface area contributed by atoms with Gasteiger partial charge in [-0.1, -0.05) is 18.2 Å². The molecule has 5 nitrogen and oxygen atoms in total. The van der Waals surface area contributed by atoms with Crippen LogP contribution in [0, 0.1) is 23.3 Å². The standard InChI is InChI=1S/C17H11F4N3O2/c18-11-8-12(19)15(21)16(14(11)20)22-17(25)13-6-7-24(23-13)9-26-10-4-2-1-3-5-10/h1-8H,9H2,(H,22,25). The molecular weight excluding hydrogens is 354 g/mol. The minimum Gasteiger partial charge on any atom is -0.471 e. The predicted molar refractivity (Wildman–Crippen MR) is 83.5 cm³/mol. The summed E-state index contributed by atoms with van der Waals surface area (Å²) in [6.45, 7) is -0.0192. The Morgan fingerprint density at radius 2 is 1.69 bits per heavy atom. The molecule has 0 aliphatic carbocycles. The van der Waals surface area contributed by atoms with Crippen molar-refractivity contribution in [2.75, 3.05) is 5.32 Å². The molecule has 0 aliphatic rings. The van der Waals surface area contributed by atoms with Gasteiger partial charge in [0, 0.05) is 12.3 Å². The van der Waals surface area contributed by atoms with Crippen molar-refractivity contribution in [3.05, 3.63) is 77.6 Å². The van der Waals surface area contributed by atoms with Crippen LogP contribution in [0.15, 0.2) is 48.7 Å². The molecule has 0 aliphatic heterocycles. The Morgan fingerprint density at radius 1 is 1.04 bits per heavy atom. The van der Waals surface area contributed by atoms with Crippen molar-refractivity contribution in [3.63, 3.8) is 0 Å². The summed E-state index contributed by atoms with van der Waals surface area (Å²) in [6.07, 6.45) is 1.40. The van der Waals surface area contributed by atoms with E-state index in [0.29, 0.717) is 5.75 Å². The second-order valence-corrected chi connectivity index (χ2v) is 5.12. The Kier molecular flexibility index (Phi) is 4.87. The molecule has 1 heterocycles. The lowest BCUT2D eigenvalue weighted by atomic mass is 10.2. The van der Waals surface area contributed by atoms with Crippen LogP contribution in [0.3, 0.4) is 0 Å². The molecule has 26 heavy (non-hydrogen) atoms. The van der Waals surface area contributed by atoms with Gasteiger partial charge in [-0.15, -0.1) is 0 Å². The van der Waals surface area contributed by atoms with E-state index in [1.807, 2.05) is 6.07 Å². The number of benzene rings is 2. The van der Waals surface area contributed by atoms with Crippen molar-refractivity contribution in [1.82, 2.24) is 9.78 Å². The number of aromatic nitrogens is 2. The summed E-state index contributed by atoms with van der Waals surface area (Å²) in [6, 6.07) is 10.1. The zero-order valence-corrected chi connectivity index (χ0v) is 13.0. The molecule has 0 bridgehead atoms. The molecule has 2 aromatic carbocycles. The molecule has 3 rings (SSSR count). The highest BCUT2D eigenvalue weighted by molar-refractivity contribution is 6.02. The van der Waals surface area contributed by atoms with E-state index in [9.17, 15) is 22.4 Å². The minimum atomic E-state index is -1.70. The quantitative estimate of drug-likeness (QED) is 0.554. The van der Waals surface area contributed by atoms with Gasteiger partial charge in [-0.05, 0) is 18.2 Å². The smallest absolute Gasteiger partial charge is 0.276 e. The Balaban J connectivity index is 1.71. The summed E-state index contributed by atoms with van der Waals surface area (Å²) in [7, 11) is 0. The fourth-order valence-electron chi connectivity index (χ4n) is 2.07. The van der Waals surface area contributed by atoms with Crippen LogP contribution in [0.5, 0.6) is 5.75 Å². The Morgan fingerprint density at radius 3 is 2.35 bits per heavy atom. The van der Waals surface area contributed by atoms with Crippen LogP contribution in [0.25, 0.3) is 0 Å². The first-order valence-corrected chi connectivity index (χ1v) is 7.31. The number of carbonyl (C=O) groups is 1. The SMILES string of the molecule is O=C(Nc1c(F)c(F)cc(F)c1F)c1ccn(COc2ccccc2)n1. The van der Waals surface area contributed by atoms with Gasteiger partial charge in [0.1, 0.15) is 11.4 Å². The van der Waals surface area contributed by atoms with E-state index in [-0.39, 0.29) is 18.5 Å². The van der Waals surface area contributed by atoms with Gasteiger partial charge in [0.15, 0.2) is 35.7 Å². The van der Waals surface area contributed by atoms with Crippen molar-refractivity contribution >= 4 is 11.6 Å². The molecule has 134 valence electrons. The van der Waals surface area contributed by atoms with Crippen LogP contribution < -0.4 is 10.1 Å². The molecule has 1 amide bonds. The largest absolute Gasteiger partial charge is 0.471 e. The van der Waals surface area contributed by atoms with E-state index in [2.05, 4.69) is 5.10 Å². The first-order valence-electron chi connectivity index (χ1n) is 7.31. The lowest BCUT2D eigenvalue weighted by Crippen LogP contribution is -2.17. The summed E-state index contributed by atoms with van der Waals surface area (Å²) in [5.74, 6) is -7.12. The van der Waals surface area contributed by atoms with E-state index in [1.165, 1.54) is 16.9 Å². The highest BCUT2D eigenvalue weighted by atomic mass is 19.2. The second kappa shape index (κ2) is 7.26. The Labute approximate surface area is 144 Å². The molecule has 9 heteroatoms. The van der Waals surface area contributed by atoms with Gasteiger partial charge in [-0.25, -0.2) is 22.2 Å². The van der Waals surface area contributed by atoms with Crippen LogP contribution in [0.1, 0.15) is 10.5 Å². The first-order chi connectivity index (χ1) is 12.5. The van der Waals surface area contributed by atoms with Gasteiger partial charge in [0.2, 0.25) is 0 Å². The fraction of sp³-hybridized carbons (Fsp3) is 0.0588. The second-order valence-electron chi connectivity index (χ2n) is 5.12. The van der Waals surface area contributed by atoms with Crippen molar-refractivity contribution in [1.29, 1.82) is 0 Å². The summed E-state index contributed by atoms with van der Waals surface area (Å²) in [5, 5.41) is 5.65. The number of hydrogen-bond acceptors (Lipinski definition) is 3. The van der Waals surface area contributed by atoms with Gasteiger partial charge in [-0.2, -0.15) is 5.10 Å². The molecule has 0 fully saturated rings. The van der Waals surface area contributed by atoms with Gasteiger partial charge < -0.3 is 10.1 Å². The Bertz CT molecular complexity index is 918. The van der Waals surface area contributed by atoms with Crippen molar-refractivity contribution < 1.29 is 27.1 Å². The van der Waals surface area contributed by atoms with Crippen molar-refractivity contribution in [2.24, 2.45) is 0 Å². The number of carbonyl (C=O) groups excluding carboxylic acids is 1. The first kappa shape index (κ1) is 17.5. The molecule has 0 unspecified atom stereocenters. The molecule has 0 atom stereocenters. The number of amides is 1. The number of anilines is 1. The highest BCUT2D eigenvalue weighted by Crippen LogP contribution is 2.24. The third-order valence-corrected chi connectivity index (χ3v) is 3.33. The zero-order valence-electron chi connectivity index (χ0n) is 13.0. The van der Waals surface area contributed by atoms with E-state index < -0.39 is 34.9 Å². The number of halogens is 4. The average Bonchev–Trinajstić information content (AvgIpc) is 3.12. The molecule has 3 aromatic rings. The van der Waals surface area contributed by atoms with Crippen molar-refractivity contribution in [3.8, 4) is 5.75 Å². The Hall–Kier alpha value is -3.36. The summed E-state index contributed by atoms with van der Waals surface area (Å²) in [5.41, 5.74) is -1.44. The molecule has 0 spiro atoms. The van der Waals surface area contributed by atoms with Gasteiger partial charge in [-0.3, -0.25) is 4.79 Å². The number of nitrogens with zero attached hydrogens (tertiary/aromatic N) is 2. The monoisotopic (exact) mass is 365 g/mol. The zero-order chi connectivity index (χ0) is 18.7. The average molecular weight is 365 g/mol. The molecule has 0 saturated heterocycles. The van der Waals surface area contributed by atoms with E-state index in [1.54, 1.807) is 29.6 Å². The molecular formula is C17H11F4N3O2. The third-order valence-electron chi connectivity index (χ3n) is 3.33. The topological polar surface area (TPSA) is 56.2 Å². The number of rotatable bonds is 5. The number of hydrogen-bond donors (Lipinski definition) is 1. The predicted octanol–water partition coefficient (Wildman–Crippen LogP) is 3.73. The minimum absolute atomic E-state index is 0.0192. The van der Waals surface area contributed by atoms with Gasteiger partial charge >= 0.3 is 0 Å². The van der Waals surface area contributed by atoms with Crippen LogP contribution in [0.2, 0.25) is 0 Å². The van der Waals surface area contributed by atoms with Crippen LogP contribution >= 0.6 is 0 Å². The van der Waals surface area contributed by atoms with Crippen LogP contribution in [-0.4, -0.2) is 15.7 Å². The summed E-state index contributed by atoms with van der Waals surface area (Å²) in [4.78, 5) is 12.0. The van der Waals surface area contributed by atoms with Gasteiger partial charge in [0.05, 0.1) is 0 Å². The molecule has 0 radical (unpaired) electrons. The van der Waals surface area contributed by atoms with Crippen molar-refractivity contribution in [2.45, 2.75) is 6.73 Å². The fourth-order valence-corrected chi connectivity index (χ4v) is 2.07. The summed E-state index contributed by atoms with van der Waals surface area (Å²) >= 11 is 0. The van der Waals surface area contributed by atoms with Crippen LogP contribution in [0.4, 0.5) is 23.2 Å². The third kappa shape index (κ3) is 3.66. The molecule has 1 aromatic heterocycles. The summed E-state index contributed by atoms with van der Waals surface area (Å²) < 4.78 is 60.2. The van der Waals surface area contributed by atoms with E-state index in [0.717, 1.165) is 0 Å². The number of nitrogens with one attached hydrogen (secondary N) is 1. The lowest BCUT2D eigenvalue weighted by Gasteiger charge is -2.08.